The minimum atomic E-state index is -4.41. The largest absolute Gasteiger partial charge is 0.416 e. The summed E-state index contributed by atoms with van der Waals surface area (Å²) in [5, 5.41) is 2.89. The van der Waals surface area contributed by atoms with Gasteiger partial charge in [-0.05, 0) is 37.5 Å². The fourth-order valence-corrected chi connectivity index (χ4v) is 2.43. The molecule has 1 aliphatic carbocycles. The number of nitrogens with zero attached hydrogens (tertiary/aromatic N) is 1. The Morgan fingerprint density at radius 1 is 1.21 bits per heavy atom. The van der Waals surface area contributed by atoms with Crippen molar-refractivity contribution in [3.05, 3.63) is 51.4 Å². The van der Waals surface area contributed by atoms with E-state index in [-0.39, 0.29) is 11.2 Å². The number of aryl methyl sites for hydroxylation is 1. The van der Waals surface area contributed by atoms with Crippen LogP contribution < -0.4 is 5.56 Å². The quantitative estimate of drug-likeness (QED) is 0.848. The van der Waals surface area contributed by atoms with E-state index < -0.39 is 11.7 Å². The lowest BCUT2D eigenvalue weighted by atomic mass is 10.2. The zero-order valence-corrected chi connectivity index (χ0v) is 9.92. The van der Waals surface area contributed by atoms with Gasteiger partial charge in [-0.2, -0.15) is 13.2 Å². The van der Waals surface area contributed by atoms with E-state index >= 15 is 0 Å². The molecular weight excluding hydrogens is 257 g/mol. The summed E-state index contributed by atoms with van der Waals surface area (Å²) < 4.78 is 39.1. The smallest absolute Gasteiger partial charge is 0.295 e. The molecule has 3 rings (SSSR count). The van der Waals surface area contributed by atoms with Crippen molar-refractivity contribution in [3.63, 3.8) is 0 Å². The lowest BCUT2D eigenvalue weighted by Crippen LogP contribution is -2.18. The molecule has 6 heteroatoms. The van der Waals surface area contributed by atoms with Gasteiger partial charge in [-0.25, -0.2) is 4.68 Å². The Kier molecular flexibility index (Phi) is 2.55. The summed E-state index contributed by atoms with van der Waals surface area (Å²) >= 11 is 0. The molecule has 19 heavy (non-hydrogen) atoms. The molecule has 1 heterocycles. The van der Waals surface area contributed by atoms with Gasteiger partial charge in [-0.3, -0.25) is 9.89 Å². The molecule has 0 amide bonds. The fourth-order valence-electron chi connectivity index (χ4n) is 2.43. The van der Waals surface area contributed by atoms with Crippen molar-refractivity contribution in [3.8, 4) is 5.69 Å². The van der Waals surface area contributed by atoms with Gasteiger partial charge in [0.25, 0.3) is 5.56 Å². The SMILES string of the molecule is O=c1c2c([nH]n1-c1cccc(C(F)(F)F)c1)CCC2. The summed E-state index contributed by atoms with van der Waals surface area (Å²) in [4.78, 5) is 12.1. The highest BCUT2D eigenvalue weighted by atomic mass is 19.4. The summed E-state index contributed by atoms with van der Waals surface area (Å²) in [6.45, 7) is 0. The second-order valence-corrected chi connectivity index (χ2v) is 4.61. The van der Waals surface area contributed by atoms with Crippen molar-refractivity contribution >= 4 is 0 Å². The molecule has 1 N–H and O–H groups in total. The molecule has 0 bridgehead atoms. The summed E-state index contributed by atoms with van der Waals surface area (Å²) in [5.74, 6) is 0. The van der Waals surface area contributed by atoms with Crippen LogP contribution in [0.15, 0.2) is 29.1 Å². The zero-order valence-electron chi connectivity index (χ0n) is 9.92. The zero-order chi connectivity index (χ0) is 13.6. The number of aromatic nitrogens is 2. The van der Waals surface area contributed by atoms with Crippen molar-refractivity contribution in [2.75, 3.05) is 0 Å². The second-order valence-electron chi connectivity index (χ2n) is 4.61. The van der Waals surface area contributed by atoms with Gasteiger partial charge in [0.05, 0.1) is 11.3 Å². The van der Waals surface area contributed by atoms with Crippen LogP contribution in [0.25, 0.3) is 5.69 Å². The van der Waals surface area contributed by atoms with Crippen LogP contribution in [-0.2, 0) is 19.0 Å². The van der Waals surface area contributed by atoms with Crippen LogP contribution in [-0.4, -0.2) is 9.78 Å². The number of rotatable bonds is 1. The molecule has 1 aromatic heterocycles. The van der Waals surface area contributed by atoms with Crippen LogP contribution in [0.3, 0.4) is 0 Å². The van der Waals surface area contributed by atoms with Gasteiger partial charge in [0, 0.05) is 11.3 Å². The molecule has 0 saturated carbocycles. The third-order valence-corrected chi connectivity index (χ3v) is 3.36. The molecule has 0 spiro atoms. The molecule has 0 atom stereocenters. The number of aromatic amines is 1. The van der Waals surface area contributed by atoms with Crippen LogP contribution in [0.4, 0.5) is 13.2 Å². The Hall–Kier alpha value is -1.98. The summed E-state index contributed by atoms with van der Waals surface area (Å²) in [6, 6.07) is 4.76. The number of nitrogens with one attached hydrogen (secondary N) is 1. The Labute approximate surface area is 106 Å². The van der Waals surface area contributed by atoms with Gasteiger partial charge in [-0.1, -0.05) is 6.07 Å². The molecule has 100 valence electrons. The average molecular weight is 268 g/mol. The van der Waals surface area contributed by atoms with Gasteiger partial charge in [0.2, 0.25) is 0 Å². The predicted octanol–water partition coefficient (Wildman–Crippen LogP) is 2.67. The fraction of sp³-hybridized carbons (Fsp3) is 0.308. The van der Waals surface area contributed by atoms with E-state index in [2.05, 4.69) is 5.10 Å². The van der Waals surface area contributed by atoms with Crippen molar-refractivity contribution in [2.45, 2.75) is 25.4 Å². The lowest BCUT2D eigenvalue weighted by molar-refractivity contribution is -0.137. The maximum absolute atomic E-state index is 12.6. The molecular formula is C13H11F3N2O. The number of hydrogen-bond acceptors (Lipinski definition) is 1. The number of alkyl halides is 3. The van der Waals surface area contributed by atoms with E-state index in [1.165, 1.54) is 16.8 Å². The van der Waals surface area contributed by atoms with Crippen molar-refractivity contribution in [1.29, 1.82) is 0 Å². The first-order valence-corrected chi connectivity index (χ1v) is 5.97. The van der Waals surface area contributed by atoms with Crippen molar-refractivity contribution < 1.29 is 13.2 Å². The predicted molar refractivity (Wildman–Crippen MR) is 63.4 cm³/mol. The highest BCUT2D eigenvalue weighted by Gasteiger charge is 2.31. The maximum Gasteiger partial charge on any atom is 0.416 e. The first kappa shape index (κ1) is 12.1. The summed E-state index contributed by atoms with van der Waals surface area (Å²) in [7, 11) is 0. The van der Waals surface area contributed by atoms with E-state index in [0.717, 1.165) is 30.7 Å². The van der Waals surface area contributed by atoms with Crippen molar-refractivity contribution in [1.82, 2.24) is 9.78 Å². The molecule has 0 saturated heterocycles. The van der Waals surface area contributed by atoms with E-state index in [0.29, 0.717) is 12.0 Å². The molecule has 3 nitrogen and oxygen atoms in total. The maximum atomic E-state index is 12.6. The summed E-state index contributed by atoms with van der Waals surface area (Å²) in [6.07, 6.45) is -2.03. The first-order valence-electron chi connectivity index (χ1n) is 5.97. The van der Waals surface area contributed by atoms with Crippen LogP contribution in [0, 0.1) is 0 Å². The van der Waals surface area contributed by atoms with E-state index in [1.807, 2.05) is 0 Å². The van der Waals surface area contributed by atoms with E-state index in [1.54, 1.807) is 0 Å². The highest BCUT2D eigenvalue weighted by Crippen LogP contribution is 2.30. The normalized spacial score (nSPS) is 14.7. The highest BCUT2D eigenvalue weighted by molar-refractivity contribution is 5.38. The number of H-pyrrole nitrogens is 1. The molecule has 1 aliphatic rings. The van der Waals surface area contributed by atoms with Crippen LogP contribution in [0.5, 0.6) is 0 Å². The molecule has 2 aromatic rings. The van der Waals surface area contributed by atoms with Gasteiger partial charge in [-0.15, -0.1) is 0 Å². The Morgan fingerprint density at radius 3 is 2.68 bits per heavy atom. The van der Waals surface area contributed by atoms with Crippen LogP contribution in [0.2, 0.25) is 0 Å². The van der Waals surface area contributed by atoms with Gasteiger partial charge in [0.1, 0.15) is 0 Å². The number of fused-ring (bicyclic) bond motifs is 1. The third kappa shape index (κ3) is 1.97. The summed E-state index contributed by atoms with van der Waals surface area (Å²) in [5.41, 5.74) is 0.743. The number of benzene rings is 1. The Bertz CT molecular complexity index is 682. The minimum Gasteiger partial charge on any atom is -0.295 e. The Morgan fingerprint density at radius 2 is 2.00 bits per heavy atom. The number of hydrogen-bond donors (Lipinski definition) is 1. The molecule has 0 fully saturated rings. The molecule has 0 radical (unpaired) electrons. The van der Waals surface area contributed by atoms with Gasteiger partial charge >= 0.3 is 6.18 Å². The van der Waals surface area contributed by atoms with Crippen LogP contribution in [0.1, 0.15) is 23.2 Å². The molecule has 0 aliphatic heterocycles. The monoisotopic (exact) mass is 268 g/mol. The van der Waals surface area contributed by atoms with Gasteiger partial charge in [0.15, 0.2) is 0 Å². The second kappa shape index (κ2) is 4.01. The lowest BCUT2D eigenvalue weighted by Gasteiger charge is -2.09. The Balaban J connectivity index is 2.11. The third-order valence-electron chi connectivity index (χ3n) is 3.36. The topological polar surface area (TPSA) is 37.8 Å². The number of halogens is 3. The van der Waals surface area contributed by atoms with E-state index in [9.17, 15) is 18.0 Å². The average Bonchev–Trinajstić information content (AvgIpc) is 2.92. The van der Waals surface area contributed by atoms with E-state index in [4.69, 9.17) is 0 Å². The van der Waals surface area contributed by atoms with Crippen molar-refractivity contribution in [2.24, 2.45) is 0 Å². The standard InChI is InChI=1S/C13H11F3N2O/c14-13(15,16)8-3-1-4-9(7-8)18-12(19)10-5-2-6-11(10)17-18/h1,3-4,7,17H,2,5-6H2. The first-order chi connectivity index (χ1) is 8.97. The van der Waals surface area contributed by atoms with Gasteiger partial charge < -0.3 is 0 Å². The molecule has 0 unspecified atom stereocenters. The molecule has 1 aromatic carbocycles. The minimum absolute atomic E-state index is 0.217. The van der Waals surface area contributed by atoms with Crippen LogP contribution >= 0.6 is 0 Å².